The molecule has 0 spiro atoms. The smallest absolute Gasteiger partial charge is 0.417 e. The van der Waals surface area contributed by atoms with Crippen LogP contribution in [0.2, 0.25) is 5.02 Å². The maximum absolute atomic E-state index is 13.1. The molecule has 0 N–H and O–H groups in total. The van der Waals surface area contributed by atoms with Crippen molar-refractivity contribution in [2.24, 2.45) is 0 Å². The van der Waals surface area contributed by atoms with Gasteiger partial charge in [-0.2, -0.15) is 18.3 Å². The number of esters is 1. The van der Waals surface area contributed by atoms with Crippen LogP contribution < -0.4 is 5.69 Å². The third-order valence-corrected chi connectivity index (χ3v) is 4.80. The van der Waals surface area contributed by atoms with Gasteiger partial charge >= 0.3 is 17.8 Å². The maximum atomic E-state index is 13.1. The second kappa shape index (κ2) is 7.47. The molecule has 0 amide bonds. The predicted molar refractivity (Wildman–Crippen MR) is 97.7 cm³/mol. The van der Waals surface area contributed by atoms with E-state index in [-0.39, 0.29) is 12.2 Å². The van der Waals surface area contributed by atoms with E-state index in [1.54, 1.807) is 20.8 Å². The van der Waals surface area contributed by atoms with E-state index in [9.17, 15) is 22.8 Å². The minimum atomic E-state index is -4.64. The van der Waals surface area contributed by atoms with Crippen LogP contribution >= 0.6 is 11.6 Å². The quantitative estimate of drug-likeness (QED) is 0.695. The molecule has 2 aromatic heterocycles. The van der Waals surface area contributed by atoms with Gasteiger partial charge in [0.1, 0.15) is 17.5 Å². The minimum Gasteiger partial charge on any atom is -0.458 e. The zero-order chi connectivity index (χ0) is 21.6. The van der Waals surface area contributed by atoms with E-state index in [2.05, 4.69) is 10.1 Å². The summed E-state index contributed by atoms with van der Waals surface area (Å²) >= 11 is 5.87. The van der Waals surface area contributed by atoms with Crippen LogP contribution in [0.25, 0.3) is 0 Å². The number of fused-ring (bicyclic) bond motifs is 1. The van der Waals surface area contributed by atoms with Gasteiger partial charge in [-0.3, -0.25) is 9.55 Å². The largest absolute Gasteiger partial charge is 0.458 e. The van der Waals surface area contributed by atoms with Crippen molar-refractivity contribution in [1.82, 2.24) is 19.3 Å². The van der Waals surface area contributed by atoms with Crippen molar-refractivity contribution in [3.8, 4) is 0 Å². The van der Waals surface area contributed by atoms with Crippen molar-refractivity contribution >= 4 is 17.6 Å². The van der Waals surface area contributed by atoms with E-state index in [0.29, 0.717) is 25.1 Å². The number of pyridine rings is 1. The van der Waals surface area contributed by atoms with Gasteiger partial charge in [0.15, 0.2) is 0 Å². The highest BCUT2D eigenvalue weighted by Gasteiger charge is 2.36. The number of alkyl halides is 3. The molecule has 0 bridgehead atoms. The zero-order valence-electron chi connectivity index (χ0n) is 16.1. The Labute approximate surface area is 169 Å². The number of hydrogen-bond acceptors (Lipinski definition) is 5. The third-order valence-electron chi connectivity index (χ3n) is 4.38. The van der Waals surface area contributed by atoms with Gasteiger partial charge < -0.3 is 4.74 Å². The lowest BCUT2D eigenvalue weighted by molar-refractivity contribution is -0.159. The Kier molecular flexibility index (Phi) is 5.50. The number of nitrogens with zero attached hydrogens (tertiary/aromatic N) is 4. The Bertz CT molecular complexity index is 992. The number of carbonyl (C=O) groups is 1. The first-order valence-electron chi connectivity index (χ1n) is 9.00. The molecule has 0 aromatic carbocycles. The van der Waals surface area contributed by atoms with Crippen LogP contribution in [-0.2, 0) is 28.7 Å². The Morgan fingerprint density at radius 1 is 1.34 bits per heavy atom. The molecule has 0 unspecified atom stereocenters. The van der Waals surface area contributed by atoms with Gasteiger partial charge in [0.05, 0.1) is 22.8 Å². The molecule has 7 nitrogen and oxygen atoms in total. The highest BCUT2D eigenvalue weighted by molar-refractivity contribution is 6.32. The second-order valence-electron chi connectivity index (χ2n) is 7.78. The average molecular weight is 433 g/mol. The van der Waals surface area contributed by atoms with Crippen molar-refractivity contribution < 1.29 is 22.7 Å². The van der Waals surface area contributed by atoms with E-state index in [1.165, 1.54) is 4.57 Å². The van der Waals surface area contributed by atoms with Gasteiger partial charge in [0.2, 0.25) is 0 Å². The number of rotatable bonds is 3. The summed E-state index contributed by atoms with van der Waals surface area (Å²) in [5.41, 5.74) is -2.50. The number of aryl methyl sites for hydroxylation is 1. The van der Waals surface area contributed by atoms with Gasteiger partial charge in [-0.25, -0.2) is 14.3 Å². The van der Waals surface area contributed by atoms with Gasteiger partial charge in [0.25, 0.3) is 0 Å². The minimum absolute atomic E-state index is 0.132. The summed E-state index contributed by atoms with van der Waals surface area (Å²) in [5, 5.41) is 3.61. The van der Waals surface area contributed by atoms with E-state index in [4.69, 9.17) is 16.3 Å². The van der Waals surface area contributed by atoms with Gasteiger partial charge in [0, 0.05) is 12.6 Å². The van der Waals surface area contributed by atoms with Crippen molar-refractivity contribution in [2.45, 2.75) is 64.4 Å². The van der Waals surface area contributed by atoms with Gasteiger partial charge in [-0.05, 0) is 39.7 Å². The molecular weight excluding hydrogens is 413 g/mol. The molecule has 0 aliphatic carbocycles. The fourth-order valence-electron chi connectivity index (χ4n) is 3.19. The normalized spacial score (nSPS) is 17.1. The van der Waals surface area contributed by atoms with Crippen molar-refractivity contribution in [1.29, 1.82) is 0 Å². The summed E-state index contributed by atoms with van der Waals surface area (Å²) in [6.45, 7) is 4.83. The summed E-state index contributed by atoms with van der Waals surface area (Å²) in [4.78, 5) is 29.2. The van der Waals surface area contributed by atoms with Crippen LogP contribution in [0.3, 0.4) is 0 Å². The molecule has 2 aromatic rings. The molecule has 3 heterocycles. The fourth-order valence-corrected chi connectivity index (χ4v) is 3.46. The van der Waals surface area contributed by atoms with Gasteiger partial charge in [-0.1, -0.05) is 11.6 Å². The lowest BCUT2D eigenvalue weighted by Crippen LogP contribution is -2.38. The highest BCUT2D eigenvalue weighted by Crippen LogP contribution is 2.35. The summed E-state index contributed by atoms with van der Waals surface area (Å²) in [6, 6.07) is -0.0603. The number of hydrogen-bond donors (Lipinski definition) is 0. The van der Waals surface area contributed by atoms with Crippen LogP contribution in [0.5, 0.6) is 0 Å². The highest BCUT2D eigenvalue weighted by atomic mass is 35.5. The maximum Gasteiger partial charge on any atom is 0.417 e. The van der Waals surface area contributed by atoms with Crippen LogP contribution in [0.4, 0.5) is 13.2 Å². The van der Waals surface area contributed by atoms with E-state index < -0.39 is 40.1 Å². The van der Waals surface area contributed by atoms with Crippen molar-refractivity contribution in [2.75, 3.05) is 0 Å². The average Bonchev–Trinajstić information content (AvgIpc) is 2.90. The third kappa shape index (κ3) is 4.47. The Balaban J connectivity index is 1.95. The Morgan fingerprint density at radius 2 is 2.03 bits per heavy atom. The number of halogens is 4. The van der Waals surface area contributed by atoms with Crippen LogP contribution in [0.15, 0.2) is 17.1 Å². The molecule has 3 rings (SSSR count). The van der Waals surface area contributed by atoms with Crippen molar-refractivity contribution in [3.63, 3.8) is 0 Å². The number of carbonyl (C=O) groups excluding carboxylic acids is 1. The summed E-state index contributed by atoms with van der Waals surface area (Å²) in [5.74, 6) is -0.171. The lowest BCUT2D eigenvalue weighted by Gasteiger charge is -2.26. The first-order valence-corrected chi connectivity index (χ1v) is 9.38. The van der Waals surface area contributed by atoms with Gasteiger partial charge in [-0.15, -0.1) is 0 Å². The van der Waals surface area contributed by atoms with E-state index in [1.807, 2.05) is 0 Å². The van der Waals surface area contributed by atoms with E-state index >= 15 is 0 Å². The Hall–Kier alpha value is -2.36. The SMILES string of the molecule is CC(C)(C)OC(=O)[C@@H]1CCCc2nn(Cc3nccc(C(F)(F)F)c3Cl)c(=O)n21. The summed E-state index contributed by atoms with van der Waals surface area (Å²) in [6.07, 6.45) is -2.16. The molecule has 11 heteroatoms. The topological polar surface area (TPSA) is 79.0 Å². The van der Waals surface area contributed by atoms with Crippen LogP contribution in [-0.4, -0.2) is 30.9 Å². The summed E-state index contributed by atoms with van der Waals surface area (Å²) < 4.78 is 46.8. The molecule has 1 aliphatic heterocycles. The lowest BCUT2D eigenvalue weighted by atomic mass is 10.0. The molecule has 0 fully saturated rings. The zero-order valence-corrected chi connectivity index (χ0v) is 16.8. The van der Waals surface area contributed by atoms with Crippen molar-refractivity contribution in [3.05, 3.63) is 44.9 Å². The monoisotopic (exact) mass is 432 g/mol. The predicted octanol–water partition coefficient (Wildman–Crippen LogP) is 3.38. The second-order valence-corrected chi connectivity index (χ2v) is 8.16. The molecule has 0 radical (unpaired) electrons. The van der Waals surface area contributed by atoms with Crippen LogP contribution in [0, 0.1) is 0 Å². The molecule has 158 valence electrons. The molecule has 1 aliphatic rings. The standard InChI is InChI=1S/C18H20ClF3N4O3/c1-17(2,3)29-15(27)12-5-4-6-13-24-25(16(28)26(12)13)9-11-14(19)10(7-8-23-11)18(20,21)22/h7-8,12H,4-6,9H2,1-3H3/t12-/m0/s1. The molecule has 0 saturated heterocycles. The van der Waals surface area contributed by atoms with Crippen LogP contribution in [0.1, 0.15) is 56.7 Å². The molecule has 29 heavy (non-hydrogen) atoms. The Morgan fingerprint density at radius 3 is 2.66 bits per heavy atom. The molecule has 0 saturated carbocycles. The fraction of sp³-hybridized carbons (Fsp3) is 0.556. The number of aromatic nitrogens is 4. The molecular formula is C18H20ClF3N4O3. The first kappa shape index (κ1) is 21.4. The first-order chi connectivity index (χ1) is 13.4. The summed E-state index contributed by atoms with van der Waals surface area (Å²) in [7, 11) is 0. The molecule has 1 atom stereocenters. The van der Waals surface area contributed by atoms with E-state index in [0.717, 1.165) is 16.9 Å². The number of ether oxygens (including phenoxy) is 1.